The van der Waals surface area contributed by atoms with Gasteiger partial charge in [0, 0.05) is 13.1 Å². The standard InChI is InChI=1S/C15H22N2O2/c1-17-8-7-13(11-17)10-16-9-12-3-5-14(6-4-12)15(18)19-2/h3-6,13,16H,7-11H2,1-2H3. The Morgan fingerprint density at radius 1 is 1.42 bits per heavy atom. The molecule has 0 bridgehead atoms. The highest BCUT2D eigenvalue weighted by Gasteiger charge is 2.18. The molecule has 2 rings (SSSR count). The van der Waals surface area contributed by atoms with Crippen LogP contribution in [0.2, 0.25) is 0 Å². The number of rotatable bonds is 5. The van der Waals surface area contributed by atoms with Crippen LogP contribution in [-0.4, -0.2) is 44.7 Å². The van der Waals surface area contributed by atoms with Gasteiger partial charge in [0.1, 0.15) is 0 Å². The van der Waals surface area contributed by atoms with Gasteiger partial charge in [0.25, 0.3) is 0 Å². The van der Waals surface area contributed by atoms with E-state index in [0.717, 1.165) is 19.0 Å². The third kappa shape index (κ3) is 4.04. The van der Waals surface area contributed by atoms with Crippen molar-refractivity contribution in [3.05, 3.63) is 35.4 Å². The number of hydrogen-bond acceptors (Lipinski definition) is 4. The van der Waals surface area contributed by atoms with E-state index in [1.165, 1.54) is 32.2 Å². The maximum absolute atomic E-state index is 11.3. The van der Waals surface area contributed by atoms with Crippen LogP contribution in [0.3, 0.4) is 0 Å². The number of benzene rings is 1. The van der Waals surface area contributed by atoms with Crippen molar-refractivity contribution in [2.75, 3.05) is 33.8 Å². The Balaban J connectivity index is 1.75. The molecule has 1 aliphatic heterocycles. The van der Waals surface area contributed by atoms with Gasteiger partial charge in [0.2, 0.25) is 0 Å². The van der Waals surface area contributed by atoms with Crippen LogP contribution in [0.4, 0.5) is 0 Å². The molecule has 4 heteroatoms. The van der Waals surface area contributed by atoms with Crippen LogP contribution in [-0.2, 0) is 11.3 Å². The lowest BCUT2D eigenvalue weighted by Gasteiger charge is -2.11. The minimum Gasteiger partial charge on any atom is -0.465 e. The minimum absolute atomic E-state index is 0.284. The first-order chi connectivity index (χ1) is 9.19. The van der Waals surface area contributed by atoms with Gasteiger partial charge in [-0.15, -0.1) is 0 Å². The van der Waals surface area contributed by atoms with E-state index in [1.54, 1.807) is 0 Å². The fourth-order valence-corrected chi connectivity index (χ4v) is 2.49. The van der Waals surface area contributed by atoms with E-state index >= 15 is 0 Å². The van der Waals surface area contributed by atoms with Crippen molar-refractivity contribution in [2.45, 2.75) is 13.0 Å². The predicted molar refractivity (Wildman–Crippen MR) is 75.1 cm³/mol. The molecule has 0 spiro atoms. The molecule has 19 heavy (non-hydrogen) atoms. The molecule has 0 aliphatic carbocycles. The minimum atomic E-state index is -0.284. The normalized spacial score (nSPS) is 19.6. The Labute approximate surface area is 114 Å². The number of ether oxygens (including phenoxy) is 1. The van der Waals surface area contributed by atoms with Gasteiger partial charge in [-0.05, 0) is 50.2 Å². The third-order valence-corrected chi connectivity index (χ3v) is 3.63. The highest BCUT2D eigenvalue weighted by atomic mass is 16.5. The SMILES string of the molecule is COC(=O)c1ccc(CNCC2CCN(C)C2)cc1. The van der Waals surface area contributed by atoms with E-state index in [-0.39, 0.29) is 5.97 Å². The van der Waals surface area contributed by atoms with Crippen LogP contribution in [0.5, 0.6) is 0 Å². The number of carbonyl (C=O) groups is 1. The van der Waals surface area contributed by atoms with Crippen LogP contribution in [0, 0.1) is 5.92 Å². The highest BCUT2D eigenvalue weighted by Crippen LogP contribution is 2.13. The smallest absolute Gasteiger partial charge is 0.337 e. The Bertz CT molecular complexity index is 417. The summed E-state index contributed by atoms with van der Waals surface area (Å²) >= 11 is 0. The number of hydrogen-bond donors (Lipinski definition) is 1. The molecule has 1 atom stereocenters. The lowest BCUT2D eigenvalue weighted by Crippen LogP contribution is -2.24. The highest BCUT2D eigenvalue weighted by molar-refractivity contribution is 5.89. The number of carbonyl (C=O) groups excluding carboxylic acids is 1. The maximum Gasteiger partial charge on any atom is 0.337 e. The summed E-state index contributed by atoms with van der Waals surface area (Å²) in [5.41, 5.74) is 1.79. The Hall–Kier alpha value is -1.39. The number of likely N-dealkylation sites (tertiary alicyclic amines) is 1. The van der Waals surface area contributed by atoms with Crippen molar-refractivity contribution in [3.8, 4) is 0 Å². The van der Waals surface area contributed by atoms with E-state index in [4.69, 9.17) is 0 Å². The molecule has 1 fully saturated rings. The number of nitrogens with zero attached hydrogens (tertiary/aromatic N) is 1. The van der Waals surface area contributed by atoms with Gasteiger partial charge >= 0.3 is 5.97 Å². The van der Waals surface area contributed by atoms with Crippen molar-refractivity contribution >= 4 is 5.97 Å². The molecule has 0 saturated carbocycles. The Morgan fingerprint density at radius 2 is 2.16 bits per heavy atom. The molecule has 1 aliphatic rings. The van der Waals surface area contributed by atoms with E-state index in [0.29, 0.717) is 5.56 Å². The lowest BCUT2D eigenvalue weighted by molar-refractivity contribution is 0.0600. The molecule has 0 aromatic heterocycles. The van der Waals surface area contributed by atoms with Crippen LogP contribution < -0.4 is 5.32 Å². The second-order valence-electron chi connectivity index (χ2n) is 5.24. The van der Waals surface area contributed by atoms with Gasteiger partial charge in [-0.2, -0.15) is 0 Å². The van der Waals surface area contributed by atoms with Crippen LogP contribution >= 0.6 is 0 Å². The molecule has 1 saturated heterocycles. The van der Waals surface area contributed by atoms with Gasteiger partial charge in [-0.25, -0.2) is 4.79 Å². The summed E-state index contributed by atoms with van der Waals surface area (Å²) in [6.45, 7) is 4.30. The summed E-state index contributed by atoms with van der Waals surface area (Å²) < 4.78 is 4.68. The van der Waals surface area contributed by atoms with E-state index in [9.17, 15) is 4.79 Å². The largest absolute Gasteiger partial charge is 0.465 e. The van der Waals surface area contributed by atoms with Gasteiger partial charge in [0.15, 0.2) is 0 Å². The molecular weight excluding hydrogens is 240 g/mol. The van der Waals surface area contributed by atoms with Gasteiger partial charge in [-0.3, -0.25) is 0 Å². The fraction of sp³-hybridized carbons (Fsp3) is 0.533. The van der Waals surface area contributed by atoms with Crippen molar-refractivity contribution < 1.29 is 9.53 Å². The van der Waals surface area contributed by atoms with Crippen molar-refractivity contribution in [2.24, 2.45) is 5.92 Å². The van der Waals surface area contributed by atoms with E-state index < -0.39 is 0 Å². The molecule has 0 radical (unpaired) electrons. The molecule has 1 aromatic rings. The van der Waals surface area contributed by atoms with E-state index in [2.05, 4.69) is 22.0 Å². The summed E-state index contributed by atoms with van der Waals surface area (Å²) in [5.74, 6) is 0.479. The first kappa shape index (κ1) is 14.0. The maximum atomic E-state index is 11.3. The molecule has 1 heterocycles. The molecule has 1 aromatic carbocycles. The summed E-state index contributed by atoms with van der Waals surface area (Å²) in [5, 5.41) is 3.48. The lowest BCUT2D eigenvalue weighted by atomic mass is 10.1. The van der Waals surface area contributed by atoms with Crippen molar-refractivity contribution in [1.29, 1.82) is 0 Å². The second kappa shape index (κ2) is 6.68. The quantitative estimate of drug-likeness (QED) is 0.817. The first-order valence-electron chi connectivity index (χ1n) is 6.75. The molecule has 4 nitrogen and oxygen atoms in total. The monoisotopic (exact) mass is 262 g/mol. The third-order valence-electron chi connectivity index (χ3n) is 3.63. The second-order valence-corrected chi connectivity index (χ2v) is 5.24. The molecule has 104 valence electrons. The zero-order chi connectivity index (χ0) is 13.7. The van der Waals surface area contributed by atoms with Gasteiger partial charge < -0.3 is 15.0 Å². The van der Waals surface area contributed by atoms with Crippen molar-refractivity contribution in [3.63, 3.8) is 0 Å². The number of nitrogens with one attached hydrogen (secondary N) is 1. The summed E-state index contributed by atoms with van der Waals surface area (Å²) in [6, 6.07) is 7.57. The first-order valence-corrected chi connectivity index (χ1v) is 6.75. The molecule has 1 N–H and O–H groups in total. The van der Waals surface area contributed by atoms with Crippen LogP contribution in [0.15, 0.2) is 24.3 Å². The summed E-state index contributed by atoms with van der Waals surface area (Å²) in [4.78, 5) is 13.7. The number of esters is 1. The Kier molecular flexibility index (Phi) is 4.93. The number of methoxy groups -OCH3 is 1. The average molecular weight is 262 g/mol. The molecule has 1 unspecified atom stereocenters. The summed E-state index contributed by atoms with van der Waals surface area (Å²) in [7, 11) is 3.57. The predicted octanol–water partition coefficient (Wildman–Crippen LogP) is 1.51. The molecular formula is C15H22N2O2. The van der Waals surface area contributed by atoms with Crippen LogP contribution in [0.25, 0.3) is 0 Å². The summed E-state index contributed by atoms with van der Waals surface area (Å²) in [6.07, 6.45) is 1.28. The van der Waals surface area contributed by atoms with E-state index in [1.807, 2.05) is 24.3 Å². The van der Waals surface area contributed by atoms with Gasteiger partial charge in [0.05, 0.1) is 12.7 Å². The van der Waals surface area contributed by atoms with Crippen LogP contribution in [0.1, 0.15) is 22.3 Å². The van der Waals surface area contributed by atoms with Gasteiger partial charge in [-0.1, -0.05) is 12.1 Å². The topological polar surface area (TPSA) is 41.6 Å². The fourth-order valence-electron chi connectivity index (χ4n) is 2.49. The zero-order valence-corrected chi connectivity index (χ0v) is 11.7. The van der Waals surface area contributed by atoms with Crippen molar-refractivity contribution in [1.82, 2.24) is 10.2 Å². The Morgan fingerprint density at radius 3 is 2.74 bits per heavy atom. The zero-order valence-electron chi connectivity index (χ0n) is 11.7. The molecule has 0 amide bonds. The average Bonchev–Trinajstić information content (AvgIpc) is 2.84.